The first-order valence-corrected chi connectivity index (χ1v) is 5.67. The van der Waals surface area contributed by atoms with Gasteiger partial charge in [0.2, 0.25) is 11.5 Å². The summed E-state index contributed by atoms with van der Waals surface area (Å²) in [6.07, 6.45) is 0. The minimum absolute atomic E-state index is 0.0173. The van der Waals surface area contributed by atoms with Gasteiger partial charge in [0.05, 0.1) is 5.56 Å². The molecule has 1 aliphatic heterocycles. The van der Waals surface area contributed by atoms with E-state index in [1.807, 2.05) is 0 Å². The molecule has 0 fully saturated rings. The van der Waals surface area contributed by atoms with Gasteiger partial charge in [0.25, 0.3) is 0 Å². The third-order valence-electron chi connectivity index (χ3n) is 2.96. The normalized spacial score (nSPS) is 11.6. The van der Waals surface area contributed by atoms with Crippen molar-refractivity contribution in [2.24, 2.45) is 0 Å². The van der Waals surface area contributed by atoms with Gasteiger partial charge in [-0.1, -0.05) is 30.3 Å². The molecule has 0 saturated carbocycles. The topological polar surface area (TPSA) is 93.1 Å². The van der Waals surface area contributed by atoms with Crippen molar-refractivity contribution in [2.75, 3.05) is 0 Å². The van der Waals surface area contributed by atoms with Crippen molar-refractivity contribution in [3.05, 3.63) is 47.5 Å². The van der Waals surface area contributed by atoms with E-state index in [9.17, 15) is 9.59 Å². The lowest BCUT2D eigenvalue weighted by Gasteiger charge is -2.04. The van der Waals surface area contributed by atoms with Crippen LogP contribution in [0.2, 0.25) is 0 Å². The summed E-state index contributed by atoms with van der Waals surface area (Å²) in [6.45, 7) is 0. The van der Waals surface area contributed by atoms with Crippen molar-refractivity contribution in [3.63, 3.8) is 0 Å². The Morgan fingerprint density at radius 2 is 1.35 bits per heavy atom. The quantitative estimate of drug-likeness (QED) is 0.833. The van der Waals surface area contributed by atoms with Crippen molar-refractivity contribution >= 4 is 11.9 Å². The Kier molecular flexibility index (Phi) is 2.57. The lowest BCUT2D eigenvalue weighted by atomic mass is 9.97. The molecule has 6 nitrogen and oxygen atoms in total. The maximum Gasteiger partial charge on any atom is 0.339 e. The Bertz CT molecular complexity index is 680. The smallest absolute Gasteiger partial charge is 0.339 e. The van der Waals surface area contributed by atoms with Crippen LogP contribution in [-0.4, -0.2) is 22.2 Å². The van der Waals surface area contributed by atoms with E-state index < -0.39 is 11.9 Å². The number of benzene rings is 2. The van der Waals surface area contributed by atoms with E-state index in [1.54, 1.807) is 30.3 Å². The zero-order valence-corrected chi connectivity index (χ0v) is 9.99. The van der Waals surface area contributed by atoms with Gasteiger partial charge in [-0.3, -0.25) is 9.78 Å². The summed E-state index contributed by atoms with van der Waals surface area (Å²) in [4.78, 5) is 32.3. The van der Waals surface area contributed by atoms with E-state index in [0.717, 1.165) is 6.07 Å². The molecule has 0 amide bonds. The molecule has 6 heteroatoms. The molecule has 0 aliphatic carbocycles. The number of carboxylic acid groups (broad SMARTS) is 2. The second-order valence-corrected chi connectivity index (χ2v) is 4.15. The molecule has 3 rings (SSSR count). The molecule has 20 heavy (non-hydrogen) atoms. The molecule has 2 bridgehead atoms. The van der Waals surface area contributed by atoms with E-state index in [0.29, 0.717) is 11.1 Å². The van der Waals surface area contributed by atoms with Gasteiger partial charge in [0.15, 0.2) is 0 Å². The molecular formula is C14H8O6. The number of hydrogen-bond acceptors (Lipinski definition) is 4. The van der Waals surface area contributed by atoms with E-state index in [1.165, 1.54) is 0 Å². The zero-order chi connectivity index (χ0) is 14.3. The molecule has 1 heterocycles. The van der Waals surface area contributed by atoms with Crippen molar-refractivity contribution in [2.45, 2.75) is 0 Å². The predicted octanol–water partition coefficient (Wildman–Crippen LogP) is 2.44. The Morgan fingerprint density at radius 3 is 1.80 bits per heavy atom. The molecule has 100 valence electrons. The van der Waals surface area contributed by atoms with E-state index >= 15 is 0 Å². The lowest BCUT2D eigenvalue weighted by Crippen LogP contribution is -2.02. The molecule has 0 atom stereocenters. The molecular weight excluding hydrogens is 264 g/mol. The first-order chi connectivity index (χ1) is 9.59. The second-order valence-electron chi connectivity index (χ2n) is 4.15. The Balaban J connectivity index is 2.35. The number of carbonyl (C=O) groups is 2. The number of aromatic carboxylic acids is 2. The summed E-state index contributed by atoms with van der Waals surface area (Å²) >= 11 is 0. The van der Waals surface area contributed by atoms with Crippen LogP contribution in [0.3, 0.4) is 0 Å². The Morgan fingerprint density at radius 1 is 0.850 bits per heavy atom. The van der Waals surface area contributed by atoms with Crippen molar-refractivity contribution in [1.82, 2.24) is 0 Å². The standard InChI is InChI=1S/C14H8O6/c15-13(16)8-6-9(14(17)18)12-10(11(8)19-20-12)7-4-2-1-3-5-7/h1-6H,(H,15,16)(H,17,18). The third kappa shape index (κ3) is 1.66. The fourth-order valence-electron chi connectivity index (χ4n) is 2.09. The summed E-state index contributed by atoms with van der Waals surface area (Å²) in [5, 5.41) is 18.3. The van der Waals surface area contributed by atoms with Crippen LogP contribution in [0.25, 0.3) is 11.1 Å². The zero-order valence-electron chi connectivity index (χ0n) is 9.99. The van der Waals surface area contributed by atoms with Crippen LogP contribution < -0.4 is 9.78 Å². The van der Waals surface area contributed by atoms with E-state index in [2.05, 4.69) is 0 Å². The summed E-state index contributed by atoms with van der Waals surface area (Å²) in [5.41, 5.74) is 0.466. The third-order valence-corrected chi connectivity index (χ3v) is 2.96. The Hall–Kier alpha value is -3.02. The SMILES string of the molecule is O=C(O)c1cc(C(=O)O)c2c(-c3ccccc3)c1OO2. The molecule has 0 unspecified atom stereocenters. The fraction of sp³-hybridized carbons (Fsp3) is 0. The van der Waals surface area contributed by atoms with Gasteiger partial charge in [-0.05, 0) is 11.6 Å². The van der Waals surface area contributed by atoms with E-state index in [4.69, 9.17) is 20.0 Å². The highest BCUT2D eigenvalue weighted by Crippen LogP contribution is 2.47. The molecule has 0 radical (unpaired) electrons. The van der Waals surface area contributed by atoms with Crippen molar-refractivity contribution < 1.29 is 29.6 Å². The molecule has 1 aliphatic rings. The molecule has 2 N–H and O–H groups in total. The average molecular weight is 272 g/mol. The highest BCUT2D eigenvalue weighted by atomic mass is 17.2. The molecule has 0 spiro atoms. The fourth-order valence-corrected chi connectivity index (χ4v) is 2.09. The largest absolute Gasteiger partial charge is 0.478 e. The predicted molar refractivity (Wildman–Crippen MR) is 67.1 cm³/mol. The summed E-state index contributed by atoms with van der Waals surface area (Å²) < 4.78 is 0. The van der Waals surface area contributed by atoms with Crippen LogP contribution in [0, 0.1) is 0 Å². The lowest BCUT2D eigenvalue weighted by molar-refractivity contribution is -0.0857. The number of carboxylic acids is 2. The first kappa shape index (κ1) is 12.0. The van der Waals surface area contributed by atoms with Crippen LogP contribution in [0.4, 0.5) is 0 Å². The van der Waals surface area contributed by atoms with Crippen molar-refractivity contribution in [3.8, 4) is 22.6 Å². The van der Waals surface area contributed by atoms with Crippen LogP contribution >= 0.6 is 0 Å². The Labute approximate surface area is 112 Å². The summed E-state index contributed by atoms with van der Waals surface area (Å²) in [5.74, 6) is -2.53. The average Bonchev–Trinajstić information content (AvgIpc) is 2.75. The van der Waals surface area contributed by atoms with E-state index in [-0.39, 0.29) is 22.6 Å². The van der Waals surface area contributed by atoms with Crippen LogP contribution in [0.15, 0.2) is 36.4 Å². The minimum atomic E-state index is -1.28. The highest BCUT2D eigenvalue weighted by molar-refractivity contribution is 6.03. The summed E-state index contributed by atoms with van der Waals surface area (Å²) in [6, 6.07) is 9.77. The first-order valence-electron chi connectivity index (χ1n) is 5.67. The number of hydrogen-bond donors (Lipinski definition) is 2. The number of rotatable bonds is 3. The van der Waals surface area contributed by atoms with Gasteiger partial charge in [0, 0.05) is 0 Å². The molecule has 2 aromatic rings. The van der Waals surface area contributed by atoms with Gasteiger partial charge >= 0.3 is 11.9 Å². The molecule has 2 aromatic carbocycles. The monoisotopic (exact) mass is 272 g/mol. The van der Waals surface area contributed by atoms with Gasteiger partial charge in [-0.25, -0.2) is 9.59 Å². The maximum atomic E-state index is 11.2. The van der Waals surface area contributed by atoms with Crippen LogP contribution in [0.1, 0.15) is 20.7 Å². The minimum Gasteiger partial charge on any atom is -0.478 e. The van der Waals surface area contributed by atoms with Gasteiger partial charge in [0.1, 0.15) is 11.1 Å². The number of fused-ring (bicyclic) bond motifs is 2. The van der Waals surface area contributed by atoms with Crippen LogP contribution in [-0.2, 0) is 0 Å². The summed E-state index contributed by atoms with van der Waals surface area (Å²) in [7, 11) is 0. The van der Waals surface area contributed by atoms with Gasteiger partial charge < -0.3 is 10.2 Å². The van der Waals surface area contributed by atoms with Crippen LogP contribution in [0.5, 0.6) is 11.5 Å². The molecule has 0 saturated heterocycles. The second kappa shape index (κ2) is 4.27. The molecule has 0 aromatic heterocycles. The van der Waals surface area contributed by atoms with Crippen molar-refractivity contribution in [1.29, 1.82) is 0 Å². The van der Waals surface area contributed by atoms with Gasteiger partial charge in [-0.2, -0.15) is 0 Å². The highest BCUT2D eigenvalue weighted by Gasteiger charge is 2.34. The van der Waals surface area contributed by atoms with Gasteiger partial charge in [-0.15, -0.1) is 0 Å². The maximum absolute atomic E-state index is 11.2.